The molecule has 0 aromatic carbocycles. The van der Waals surface area contributed by atoms with E-state index in [1.807, 2.05) is 0 Å². The zero-order chi connectivity index (χ0) is 7.98. The number of ether oxygens (including phenoxy) is 1. The largest absolute Gasteiger partial charge is 0.395 e. The van der Waals surface area contributed by atoms with Gasteiger partial charge < -0.3 is 20.3 Å². The van der Waals surface area contributed by atoms with Crippen molar-refractivity contribution in [3.63, 3.8) is 0 Å². The predicted octanol–water partition coefficient (Wildman–Crippen LogP) is -1.43. The highest BCUT2D eigenvalue weighted by Crippen LogP contribution is 1.91. The van der Waals surface area contributed by atoms with Crippen LogP contribution in [0.3, 0.4) is 0 Å². The van der Waals surface area contributed by atoms with Crippen molar-refractivity contribution in [3.05, 3.63) is 0 Å². The van der Waals surface area contributed by atoms with Gasteiger partial charge in [-0.3, -0.25) is 0 Å². The predicted molar refractivity (Wildman–Crippen MR) is 37.8 cm³/mol. The standard InChI is InChI=1S/C6H15NO3/c1-7-5(3-8)6(9)4-10-2/h5-9H,3-4H2,1-2H3. The lowest BCUT2D eigenvalue weighted by molar-refractivity contribution is 0.0250. The fraction of sp³-hybridized carbons (Fsp3) is 1.00. The Morgan fingerprint density at radius 3 is 2.50 bits per heavy atom. The molecule has 0 fully saturated rings. The molecule has 3 N–H and O–H groups in total. The van der Waals surface area contributed by atoms with Crippen molar-refractivity contribution in [1.82, 2.24) is 5.32 Å². The van der Waals surface area contributed by atoms with Crippen molar-refractivity contribution in [2.75, 3.05) is 27.4 Å². The number of nitrogens with one attached hydrogen (secondary N) is 1. The molecule has 0 rings (SSSR count). The van der Waals surface area contributed by atoms with E-state index in [1.54, 1.807) is 7.05 Å². The molecule has 0 saturated heterocycles. The maximum atomic E-state index is 9.16. The Bertz CT molecular complexity index is 75.4. The third-order valence-corrected chi connectivity index (χ3v) is 1.37. The third-order valence-electron chi connectivity index (χ3n) is 1.37. The molecule has 4 nitrogen and oxygen atoms in total. The summed E-state index contributed by atoms with van der Waals surface area (Å²) in [6, 6.07) is -0.292. The molecular formula is C6H15NO3. The summed E-state index contributed by atoms with van der Waals surface area (Å²) in [7, 11) is 3.19. The highest BCUT2D eigenvalue weighted by atomic mass is 16.5. The van der Waals surface area contributed by atoms with Gasteiger partial charge in [-0.15, -0.1) is 0 Å². The van der Waals surface area contributed by atoms with Crippen LogP contribution < -0.4 is 5.32 Å². The summed E-state index contributed by atoms with van der Waals surface area (Å²) in [6.07, 6.45) is -0.639. The Kier molecular flexibility index (Phi) is 5.52. The number of aliphatic hydroxyl groups is 2. The van der Waals surface area contributed by atoms with Crippen molar-refractivity contribution in [1.29, 1.82) is 0 Å². The smallest absolute Gasteiger partial charge is 0.0948 e. The maximum absolute atomic E-state index is 9.16. The molecule has 0 aliphatic rings. The van der Waals surface area contributed by atoms with Gasteiger partial charge in [-0.2, -0.15) is 0 Å². The van der Waals surface area contributed by atoms with E-state index < -0.39 is 6.10 Å². The molecule has 0 aromatic rings. The van der Waals surface area contributed by atoms with E-state index in [-0.39, 0.29) is 19.3 Å². The Morgan fingerprint density at radius 1 is 1.60 bits per heavy atom. The number of methoxy groups -OCH3 is 1. The van der Waals surface area contributed by atoms with Crippen molar-refractivity contribution in [3.8, 4) is 0 Å². The van der Waals surface area contributed by atoms with Crippen LogP contribution >= 0.6 is 0 Å². The molecule has 2 unspecified atom stereocenters. The summed E-state index contributed by atoms with van der Waals surface area (Å²) < 4.78 is 4.69. The number of aliphatic hydroxyl groups excluding tert-OH is 2. The SMILES string of the molecule is CNC(CO)C(O)COC. The first-order chi connectivity index (χ1) is 4.76. The second-order valence-corrected chi connectivity index (χ2v) is 2.10. The van der Waals surface area contributed by atoms with Crippen molar-refractivity contribution >= 4 is 0 Å². The van der Waals surface area contributed by atoms with Gasteiger partial charge >= 0.3 is 0 Å². The van der Waals surface area contributed by atoms with Crippen LogP contribution in [-0.2, 0) is 4.74 Å². The summed E-state index contributed by atoms with van der Waals surface area (Å²) in [5, 5.41) is 20.6. The second kappa shape index (κ2) is 5.61. The monoisotopic (exact) mass is 149 g/mol. The summed E-state index contributed by atoms with van der Waals surface area (Å²) >= 11 is 0. The number of hydrogen-bond acceptors (Lipinski definition) is 4. The van der Waals surface area contributed by atoms with Crippen LogP contribution in [-0.4, -0.2) is 49.7 Å². The number of likely N-dealkylation sites (N-methyl/N-ethyl adjacent to an activating group) is 1. The van der Waals surface area contributed by atoms with Gasteiger partial charge in [-0.1, -0.05) is 0 Å². The van der Waals surface area contributed by atoms with Crippen molar-refractivity contribution in [2.45, 2.75) is 12.1 Å². The molecule has 0 radical (unpaired) electrons. The van der Waals surface area contributed by atoms with Crippen molar-refractivity contribution in [2.24, 2.45) is 0 Å². The van der Waals surface area contributed by atoms with Gasteiger partial charge in [-0.05, 0) is 7.05 Å². The van der Waals surface area contributed by atoms with E-state index >= 15 is 0 Å². The van der Waals surface area contributed by atoms with E-state index in [4.69, 9.17) is 10.2 Å². The highest BCUT2D eigenvalue weighted by Gasteiger charge is 2.14. The molecule has 4 heteroatoms. The molecule has 62 valence electrons. The highest BCUT2D eigenvalue weighted by molar-refractivity contribution is 4.71. The maximum Gasteiger partial charge on any atom is 0.0948 e. The van der Waals surface area contributed by atoms with Crippen molar-refractivity contribution < 1.29 is 14.9 Å². The first kappa shape index (κ1) is 9.84. The minimum atomic E-state index is -0.639. The molecule has 0 aliphatic heterocycles. The quantitative estimate of drug-likeness (QED) is 0.448. The molecule has 0 aliphatic carbocycles. The summed E-state index contributed by atoms with van der Waals surface area (Å²) in [5.74, 6) is 0. The lowest BCUT2D eigenvalue weighted by Gasteiger charge is -2.18. The van der Waals surface area contributed by atoms with E-state index in [9.17, 15) is 0 Å². The Balaban J connectivity index is 3.53. The van der Waals surface area contributed by atoms with Crippen LogP contribution in [0.15, 0.2) is 0 Å². The van der Waals surface area contributed by atoms with Gasteiger partial charge in [0.25, 0.3) is 0 Å². The minimum Gasteiger partial charge on any atom is -0.395 e. The average Bonchev–Trinajstić information content (AvgIpc) is 1.91. The van der Waals surface area contributed by atoms with E-state index in [0.717, 1.165) is 0 Å². The number of rotatable bonds is 5. The summed E-state index contributed by atoms with van der Waals surface area (Å²) in [6.45, 7) is 0.160. The Labute approximate surface area is 60.8 Å². The van der Waals surface area contributed by atoms with E-state index in [0.29, 0.717) is 0 Å². The lowest BCUT2D eigenvalue weighted by atomic mass is 10.2. The molecule has 2 atom stereocenters. The minimum absolute atomic E-state index is 0.0823. The van der Waals surface area contributed by atoms with Gasteiger partial charge in [0.1, 0.15) is 0 Å². The van der Waals surface area contributed by atoms with Crippen LogP contribution in [0.4, 0.5) is 0 Å². The topological polar surface area (TPSA) is 61.7 Å². The van der Waals surface area contributed by atoms with Crippen LogP contribution in [0.5, 0.6) is 0 Å². The van der Waals surface area contributed by atoms with Crippen LogP contribution in [0, 0.1) is 0 Å². The summed E-state index contributed by atoms with van der Waals surface area (Å²) in [4.78, 5) is 0. The fourth-order valence-electron chi connectivity index (χ4n) is 0.692. The van der Waals surface area contributed by atoms with E-state index in [1.165, 1.54) is 7.11 Å². The third kappa shape index (κ3) is 3.12. The summed E-state index contributed by atoms with van der Waals surface area (Å²) in [5.41, 5.74) is 0. The molecule has 0 aromatic heterocycles. The van der Waals surface area contributed by atoms with E-state index in [2.05, 4.69) is 10.1 Å². The van der Waals surface area contributed by atoms with Crippen LogP contribution in [0.1, 0.15) is 0 Å². The normalized spacial score (nSPS) is 16.8. The first-order valence-electron chi connectivity index (χ1n) is 3.21. The molecule has 0 amide bonds. The lowest BCUT2D eigenvalue weighted by Crippen LogP contribution is -2.42. The fourth-order valence-corrected chi connectivity index (χ4v) is 0.692. The van der Waals surface area contributed by atoms with Gasteiger partial charge in [0, 0.05) is 7.11 Å². The zero-order valence-corrected chi connectivity index (χ0v) is 6.37. The molecule has 0 spiro atoms. The average molecular weight is 149 g/mol. The Morgan fingerprint density at radius 2 is 2.20 bits per heavy atom. The molecular weight excluding hydrogens is 134 g/mol. The molecule has 0 saturated carbocycles. The first-order valence-corrected chi connectivity index (χ1v) is 3.21. The molecule has 0 heterocycles. The van der Waals surface area contributed by atoms with Gasteiger partial charge in [0.15, 0.2) is 0 Å². The second-order valence-electron chi connectivity index (χ2n) is 2.10. The molecule has 10 heavy (non-hydrogen) atoms. The van der Waals surface area contributed by atoms with Gasteiger partial charge in [-0.25, -0.2) is 0 Å². The van der Waals surface area contributed by atoms with Crippen LogP contribution in [0.25, 0.3) is 0 Å². The Hall–Kier alpha value is -0.160. The number of hydrogen-bond donors (Lipinski definition) is 3. The zero-order valence-electron chi connectivity index (χ0n) is 6.37. The van der Waals surface area contributed by atoms with Gasteiger partial charge in [0.2, 0.25) is 0 Å². The molecule has 0 bridgehead atoms. The van der Waals surface area contributed by atoms with Gasteiger partial charge in [0.05, 0.1) is 25.4 Å². The van der Waals surface area contributed by atoms with Crippen LogP contribution in [0.2, 0.25) is 0 Å².